The van der Waals surface area contributed by atoms with Crippen molar-refractivity contribution in [3.8, 4) is 0 Å². The van der Waals surface area contributed by atoms with Gasteiger partial charge in [0.25, 0.3) is 0 Å². The lowest BCUT2D eigenvalue weighted by molar-refractivity contribution is 0.0697. The zero-order valence-corrected chi connectivity index (χ0v) is 14.3. The van der Waals surface area contributed by atoms with Gasteiger partial charge in [-0.25, -0.2) is 9.59 Å². The Bertz CT molecular complexity index is 743. The molecular weight excluding hydrogens is 334 g/mol. The Kier molecular flexibility index (Phi) is 5.62. The molecule has 8 nitrogen and oxygen atoms in total. The number of nitrogens with one attached hydrogen (secondary N) is 2. The van der Waals surface area contributed by atoms with Gasteiger partial charge in [-0.3, -0.25) is 0 Å². The molecule has 0 bridgehead atoms. The smallest absolute Gasteiger partial charge is 0.335 e. The number of carbonyl (C=O) groups is 2. The second-order valence-corrected chi connectivity index (χ2v) is 6.17. The van der Waals surface area contributed by atoms with Gasteiger partial charge in [0, 0.05) is 31.9 Å². The Morgan fingerprint density at radius 1 is 1.15 bits per heavy atom. The first-order chi connectivity index (χ1) is 12.6. The number of benzene rings is 1. The first-order valence-corrected chi connectivity index (χ1v) is 8.51. The van der Waals surface area contributed by atoms with E-state index in [0.29, 0.717) is 6.54 Å². The summed E-state index contributed by atoms with van der Waals surface area (Å²) in [5, 5.41) is 22.7. The Labute approximate surface area is 151 Å². The second kappa shape index (κ2) is 8.28. The normalized spacial score (nSPS) is 14.7. The number of hydrogen-bond donors (Lipinski definition) is 3. The molecule has 136 valence electrons. The molecule has 8 heteroatoms. The summed E-state index contributed by atoms with van der Waals surface area (Å²) in [7, 11) is 0. The summed E-state index contributed by atoms with van der Waals surface area (Å²) in [4.78, 5) is 25.0. The van der Waals surface area contributed by atoms with Crippen molar-refractivity contribution in [3.05, 3.63) is 53.7 Å². The molecular formula is C18H21N5O3. The predicted octanol–water partition coefficient (Wildman–Crippen LogP) is 1.64. The number of carboxylic acid groups (broad SMARTS) is 1. The molecule has 0 saturated carbocycles. The Hall–Kier alpha value is -3.16. The number of piperidine rings is 1. The minimum Gasteiger partial charge on any atom is -0.478 e. The molecule has 0 atom stereocenters. The Morgan fingerprint density at radius 3 is 2.50 bits per heavy atom. The molecule has 1 aliphatic heterocycles. The number of anilines is 1. The lowest BCUT2D eigenvalue weighted by Gasteiger charge is -2.32. The van der Waals surface area contributed by atoms with Gasteiger partial charge in [0.15, 0.2) is 5.82 Å². The average molecular weight is 355 g/mol. The van der Waals surface area contributed by atoms with Crippen LogP contribution in [0.3, 0.4) is 0 Å². The molecule has 0 spiro atoms. The number of aromatic nitrogens is 2. The number of nitrogens with zero attached hydrogens (tertiary/aromatic N) is 3. The van der Waals surface area contributed by atoms with Gasteiger partial charge in [-0.15, -0.1) is 5.10 Å². The van der Waals surface area contributed by atoms with E-state index in [4.69, 9.17) is 5.11 Å². The molecule has 3 N–H and O–H groups in total. The highest BCUT2D eigenvalue weighted by molar-refractivity contribution is 5.87. The Balaban J connectivity index is 1.41. The summed E-state index contributed by atoms with van der Waals surface area (Å²) in [6, 6.07) is 10.2. The maximum Gasteiger partial charge on any atom is 0.335 e. The van der Waals surface area contributed by atoms with E-state index < -0.39 is 5.97 Å². The fourth-order valence-electron chi connectivity index (χ4n) is 2.90. The van der Waals surface area contributed by atoms with Crippen molar-refractivity contribution in [2.45, 2.75) is 25.4 Å². The van der Waals surface area contributed by atoms with Gasteiger partial charge in [-0.2, -0.15) is 5.10 Å². The molecule has 1 fully saturated rings. The molecule has 2 amide bonds. The summed E-state index contributed by atoms with van der Waals surface area (Å²) >= 11 is 0. The quantitative estimate of drug-likeness (QED) is 0.753. The van der Waals surface area contributed by atoms with Crippen LogP contribution in [0.4, 0.5) is 10.6 Å². The number of carbonyl (C=O) groups excluding carboxylic acids is 1. The summed E-state index contributed by atoms with van der Waals surface area (Å²) in [5.41, 5.74) is 1.08. The topological polar surface area (TPSA) is 107 Å². The monoisotopic (exact) mass is 355 g/mol. The lowest BCUT2D eigenvalue weighted by Crippen LogP contribution is -2.48. The van der Waals surface area contributed by atoms with Crippen LogP contribution in [0.5, 0.6) is 0 Å². The molecule has 0 aliphatic carbocycles. The molecule has 0 unspecified atom stereocenters. The number of rotatable bonds is 5. The molecule has 2 heterocycles. The third-order valence-corrected chi connectivity index (χ3v) is 4.37. The highest BCUT2D eigenvalue weighted by atomic mass is 16.4. The van der Waals surface area contributed by atoms with E-state index in [1.165, 1.54) is 12.1 Å². The average Bonchev–Trinajstić information content (AvgIpc) is 2.68. The van der Waals surface area contributed by atoms with Crippen molar-refractivity contribution in [2.24, 2.45) is 0 Å². The van der Waals surface area contributed by atoms with Crippen LogP contribution in [0.25, 0.3) is 0 Å². The first-order valence-electron chi connectivity index (χ1n) is 8.51. The van der Waals surface area contributed by atoms with Crippen LogP contribution in [0.15, 0.2) is 42.6 Å². The van der Waals surface area contributed by atoms with Crippen molar-refractivity contribution >= 4 is 17.8 Å². The van der Waals surface area contributed by atoms with Crippen LogP contribution < -0.4 is 15.5 Å². The third-order valence-electron chi connectivity index (χ3n) is 4.37. The summed E-state index contributed by atoms with van der Waals surface area (Å²) in [6.07, 6.45) is 3.34. The van der Waals surface area contributed by atoms with Crippen LogP contribution >= 0.6 is 0 Å². The van der Waals surface area contributed by atoms with Crippen LogP contribution in [0, 0.1) is 0 Å². The van der Waals surface area contributed by atoms with Crippen molar-refractivity contribution < 1.29 is 14.7 Å². The van der Waals surface area contributed by atoms with E-state index >= 15 is 0 Å². The van der Waals surface area contributed by atoms with Crippen LogP contribution in [0.2, 0.25) is 0 Å². The van der Waals surface area contributed by atoms with Gasteiger partial charge >= 0.3 is 12.0 Å². The van der Waals surface area contributed by atoms with Crippen LogP contribution in [0.1, 0.15) is 28.8 Å². The van der Waals surface area contributed by atoms with E-state index in [1.54, 1.807) is 18.3 Å². The maximum absolute atomic E-state index is 12.1. The molecule has 0 radical (unpaired) electrons. The van der Waals surface area contributed by atoms with Crippen molar-refractivity contribution in [1.29, 1.82) is 0 Å². The van der Waals surface area contributed by atoms with Crippen molar-refractivity contribution in [1.82, 2.24) is 20.8 Å². The van der Waals surface area contributed by atoms with E-state index in [0.717, 1.165) is 37.3 Å². The molecule has 26 heavy (non-hydrogen) atoms. The molecule has 3 rings (SSSR count). The van der Waals surface area contributed by atoms with Gasteiger partial charge in [0.1, 0.15) is 0 Å². The van der Waals surface area contributed by atoms with Gasteiger partial charge < -0.3 is 20.6 Å². The number of aromatic carboxylic acids is 1. The highest BCUT2D eigenvalue weighted by Gasteiger charge is 2.21. The number of urea groups is 1. The molecule has 1 aromatic carbocycles. The largest absolute Gasteiger partial charge is 0.478 e. The summed E-state index contributed by atoms with van der Waals surface area (Å²) in [6.45, 7) is 1.99. The van der Waals surface area contributed by atoms with Gasteiger partial charge in [0.2, 0.25) is 0 Å². The van der Waals surface area contributed by atoms with Crippen molar-refractivity contribution in [3.63, 3.8) is 0 Å². The SMILES string of the molecule is O=C(NCc1ccc(C(=O)O)cc1)NC1CCN(c2cccnn2)CC1. The summed E-state index contributed by atoms with van der Waals surface area (Å²) < 4.78 is 0. The zero-order chi connectivity index (χ0) is 18.4. The lowest BCUT2D eigenvalue weighted by atomic mass is 10.1. The zero-order valence-electron chi connectivity index (χ0n) is 14.3. The van der Waals surface area contributed by atoms with Crippen molar-refractivity contribution in [2.75, 3.05) is 18.0 Å². The van der Waals surface area contributed by atoms with E-state index in [9.17, 15) is 9.59 Å². The summed E-state index contributed by atoms with van der Waals surface area (Å²) in [5.74, 6) is -0.102. The molecule has 1 aromatic heterocycles. The molecule has 1 saturated heterocycles. The fourth-order valence-corrected chi connectivity index (χ4v) is 2.90. The second-order valence-electron chi connectivity index (χ2n) is 6.17. The highest BCUT2D eigenvalue weighted by Crippen LogP contribution is 2.16. The maximum atomic E-state index is 12.1. The van der Waals surface area contributed by atoms with Gasteiger partial charge in [0.05, 0.1) is 5.56 Å². The minimum absolute atomic E-state index is 0.123. The van der Waals surface area contributed by atoms with Crippen LogP contribution in [-0.4, -0.2) is 46.4 Å². The number of carboxylic acids is 1. The third kappa shape index (κ3) is 4.69. The standard InChI is InChI=1S/C18H21N5O3/c24-17(25)14-5-3-13(4-6-14)12-19-18(26)21-15-7-10-23(11-8-15)16-2-1-9-20-22-16/h1-6,9,15H,7-8,10-12H2,(H,24,25)(H2,19,21,26). The van der Waals surface area contributed by atoms with E-state index in [1.807, 2.05) is 12.1 Å². The fraction of sp³-hybridized carbons (Fsp3) is 0.333. The van der Waals surface area contributed by atoms with E-state index in [2.05, 4.69) is 25.7 Å². The van der Waals surface area contributed by atoms with E-state index in [-0.39, 0.29) is 17.6 Å². The number of hydrogen-bond acceptors (Lipinski definition) is 5. The molecule has 2 aromatic rings. The first kappa shape index (κ1) is 17.7. The van der Waals surface area contributed by atoms with Gasteiger partial charge in [-0.1, -0.05) is 12.1 Å². The Morgan fingerprint density at radius 2 is 1.88 bits per heavy atom. The minimum atomic E-state index is -0.963. The van der Waals surface area contributed by atoms with Gasteiger partial charge in [-0.05, 0) is 42.7 Å². The number of amides is 2. The molecule has 1 aliphatic rings. The van der Waals surface area contributed by atoms with Crippen LogP contribution in [-0.2, 0) is 6.54 Å². The predicted molar refractivity (Wildman–Crippen MR) is 96.0 cm³/mol.